The van der Waals surface area contributed by atoms with Crippen molar-refractivity contribution in [3.05, 3.63) is 53.2 Å². The van der Waals surface area contributed by atoms with E-state index in [1.165, 1.54) is 0 Å². The summed E-state index contributed by atoms with van der Waals surface area (Å²) >= 11 is 0. The van der Waals surface area contributed by atoms with Crippen LogP contribution in [0.15, 0.2) is 47.7 Å². The molecule has 36 heavy (non-hydrogen) atoms. The van der Waals surface area contributed by atoms with Gasteiger partial charge in [0.05, 0.1) is 45.4 Å². The van der Waals surface area contributed by atoms with E-state index in [9.17, 15) is 9.59 Å². The monoisotopic (exact) mass is 494 g/mol. The van der Waals surface area contributed by atoms with E-state index in [4.69, 9.17) is 18.9 Å². The highest BCUT2D eigenvalue weighted by Crippen LogP contribution is 2.52. The van der Waals surface area contributed by atoms with Crippen molar-refractivity contribution in [1.82, 2.24) is 0 Å². The van der Waals surface area contributed by atoms with Crippen LogP contribution in [0, 0.1) is 5.41 Å². The summed E-state index contributed by atoms with van der Waals surface area (Å²) in [4.78, 5) is 28.6. The molecule has 2 aliphatic rings. The van der Waals surface area contributed by atoms with Crippen molar-refractivity contribution in [3.8, 4) is 17.2 Å². The third kappa shape index (κ3) is 4.59. The lowest BCUT2D eigenvalue weighted by Gasteiger charge is -2.38. The van der Waals surface area contributed by atoms with Crippen LogP contribution in [0.25, 0.3) is 0 Å². The molecule has 1 N–H and O–H groups in total. The molecule has 4 rings (SSSR count). The number of para-hydroxylation sites is 2. The van der Waals surface area contributed by atoms with E-state index in [1.807, 2.05) is 35.2 Å². The van der Waals surface area contributed by atoms with Crippen LogP contribution in [0.5, 0.6) is 17.2 Å². The van der Waals surface area contributed by atoms with Crippen LogP contribution in [0.3, 0.4) is 0 Å². The summed E-state index contributed by atoms with van der Waals surface area (Å²) in [6.45, 7) is 6.17. The average Bonchev–Trinajstić information content (AvgIpc) is 2.96. The Morgan fingerprint density at radius 3 is 2.42 bits per heavy atom. The van der Waals surface area contributed by atoms with E-state index < -0.39 is 6.04 Å². The topological polar surface area (TPSA) is 86.3 Å². The number of anilines is 2. The van der Waals surface area contributed by atoms with Crippen LogP contribution >= 0.6 is 0 Å². The predicted molar refractivity (Wildman–Crippen MR) is 138 cm³/mol. The molecule has 0 aromatic heterocycles. The highest BCUT2D eigenvalue weighted by Gasteiger charge is 2.43. The van der Waals surface area contributed by atoms with E-state index in [-0.39, 0.29) is 30.3 Å². The standard InChI is InChI=1S/C28H34N2O6/c1-7-36-23(32)16-30-20-11-9-8-10-18(20)29-19-14-28(2,3)15-21(31)24(19)25(30)17-12-13-22(33-4)27(35-6)26(17)34-5/h8-13,25,29H,7,14-16H2,1-6H3/t25-/m1/s1. The van der Waals surface area contributed by atoms with E-state index >= 15 is 0 Å². The summed E-state index contributed by atoms with van der Waals surface area (Å²) in [6, 6.07) is 10.8. The maximum Gasteiger partial charge on any atom is 0.325 e. The molecule has 8 nitrogen and oxygen atoms in total. The van der Waals surface area contributed by atoms with Gasteiger partial charge in [-0.3, -0.25) is 9.59 Å². The molecule has 192 valence electrons. The number of Topliss-reactive ketones (excluding diaryl/α,β-unsaturated/α-hetero) is 1. The highest BCUT2D eigenvalue weighted by molar-refractivity contribution is 6.02. The van der Waals surface area contributed by atoms with Crippen LogP contribution in [-0.2, 0) is 14.3 Å². The van der Waals surface area contributed by atoms with E-state index in [0.717, 1.165) is 17.1 Å². The number of allylic oxidation sites excluding steroid dienone is 1. The molecule has 0 spiro atoms. The number of rotatable bonds is 7. The third-order valence-electron chi connectivity index (χ3n) is 6.64. The minimum Gasteiger partial charge on any atom is -0.493 e. The summed E-state index contributed by atoms with van der Waals surface area (Å²) in [5.74, 6) is 1.01. The number of nitrogens with zero attached hydrogens (tertiary/aromatic N) is 1. The van der Waals surface area contributed by atoms with E-state index in [1.54, 1.807) is 34.3 Å². The fourth-order valence-electron chi connectivity index (χ4n) is 5.24. The summed E-state index contributed by atoms with van der Waals surface area (Å²) in [7, 11) is 4.66. The van der Waals surface area contributed by atoms with Gasteiger partial charge >= 0.3 is 5.97 Å². The molecule has 0 saturated carbocycles. The van der Waals surface area contributed by atoms with Crippen LogP contribution in [0.2, 0.25) is 0 Å². The molecule has 0 amide bonds. The molecule has 1 heterocycles. The van der Waals surface area contributed by atoms with E-state index in [2.05, 4.69) is 19.2 Å². The van der Waals surface area contributed by atoms with Gasteiger partial charge in [0.1, 0.15) is 6.54 Å². The first-order valence-corrected chi connectivity index (χ1v) is 12.1. The first-order chi connectivity index (χ1) is 17.2. The lowest BCUT2D eigenvalue weighted by atomic mass is 9.73. The van der Waals surface area contributed by atoms with Gasteiger partial charge in [0.15, 0.2) is 17.3 Å². The molecule has 2 aromatic rings. The average molecular weight is 495 g/mol. The van der Waals surface area contributed by atoms with Crippen molar-refractivity contribution >= 4 is 23.1 Å². The molecular formula is C28H34N2O6. The van der Waals surface area contributed by atoms with Crippen molar-refractivity contribution in [2.75, 3.05) is 44.7 Å². The molecule has 1 aliphatic heterocycles. The van der Waals surface area contributed by atoms with Crippen molar-refractivity contribution < 1.29 is 28.5 Å². The number of methoxy groups -OCH3 is 3. The van der Waals surface area contributed by atoms with Gasteiger partial charge in [-0.1, -0.05) is 26.0 Å². The summed E-state index contributed by atoms with van der Waals surface area (Å²) in [6.07, 6.45) is 1.07. The van der Waals surface area contributed by atoms with Gasteiger partial charge in [0.25, 0.3) is 0 Å². The summed E-state index contributed by atoms with van der Waals surface area (Å²) in [5.41, 5.74) is 3.55. The van der Waals surface area contributed by atoms with Crippen LogP contribution in [0.4, 0.5) is 11.4 Å². The van der Waals surface area contributed by atoms with Gasteiger partial charge in [-0.15, -0.1) is 0 Å². The predicted octanol–water partition coefficient (Wildman–Crippen LogP) is 4.89. The number of nitrogens with one attached hydrogen (secondary N) is 1. The zero-order valence-electron chi connectivity index (χ0n) is 21.8. The molecule has 0 radical (unpaired) electrons. The van der Waals surface area contributed by atoms with E-state index in [0.29, 0.717) is 41.2 Å². The zero-order chi connectivity index (χ0) is 26.0. The fourth-order valence-corrected chi connectivity index (χ4v) is 5.24. The Balaban J connectivity index is 2.03. The Morgan fingerprint density at radius 1 is 1.03 bits per heavy atom. The molecule has 0 saturated heterocycles. The number of carbonyl (C=O) groups is 2. The minimum absolute atomic E-state index is 0.0252. The SMILES string of the molecule is CCOC(=O)CN1c2ccccc2NC2=C(C(=O)CC(C)(C)C2)[C@H]1c1ccc(OC)c(OC)c1OC. The Hall–Kier alpha value is -3.68. The molecular weight excluding hydrogens is 460 g/mol. The van der Waals surface area contributed by atoms with Crippen LogP contribution < -0.4 is 24.4 Å². The second kappa shape index (κ2) is 10.1. The van der Waals surface area contributed by atoms with Gasteiger partial charge in [0, 0.05) is 23.3 Å². The van der Waals surface area contributed by atoms with Gasteiger partial charge in [-0.2, -0.15) is 0 Å². The number of ether oxygens (including phenoxy) is 4. The smallest absolute Gasteiger partial charge is 0.325 e. The number of benzene rings is 2. The van der Waals surface area contributed by atoms with Crippen molar-refractivity contribution in [1.29, 1.82) is 0 Å². The Labute approximate surface area is 212 Å². The summed E-state index contributed by atoms with van der Waals surface area (Å²) in [5, 5.41) is 3.54. The minimum atomic E-state index is -0.626. The molecule has 2 aromatic carbocycles. The normalized spacial score (nSPS) is 18.4. The molecule has 0 fully saturated rings. The zero-order valence-corrected chi connectivity index (χ0v) is 21.8. The van der Waals surface area contributed by atoms with Crippen molar-refractivity contribution in [2.24, 2.45) is 5.41 Å². The second-order valence-corrected chi connectivity index (χ2v) is 9.73. The maximum absolute atomic E-state index is 13.8. The molecule has 1 aliphatic carbocycles. The number of hydrogen-bond donors (Lipinski definition) is 1. The number of hydrogen-bond acceptors (Lipinski definition) is 8. The number of carbonyl (C=O) groups excluding carboxylic acids is 2. The van der Waals surface area contributed by atoms with Gasteiger partial charge in [0.2, 0.25) is 5.75 Å². The number of esters is 1. The molecule has 8 heteroatoms. The second-order valence-electron chi connectivity index (χ2n) is 9.73. The Bertz CT molecular complexity index is 1200. The maximum atomic E-state index is 13.8. The molecule has 1 atom stereocenters. The molecule has 0 bridgehead atoms. The number of fused-ring (bicyclic) bond motifs is 1. The van der Waals surface area contributed by atoms with Crippen molar-refractivity contribution in [3.63, 3.8) is 0 Å². The summed E-state index contributed by atoms with van der Waals surface area (Å²) < 4.78 is 22.3. The Morgan fingerprint density at radius 2 is 1.75 bits per heavy atom. The largest absolute Gasteiger partial charge is 0.493 e. The first-order valence-electron chi connectivity index (χ1n) is 12.1. The lowest BCUT2D eigenvalue weighted by molar-refractivity contribution is -0.141. The highest BCUT2D eigenvalue weighted by atomic mass is 16.5. The fraction of sp³-hybridized carbons (Fsp3) is 0.429. The third-order valence-corrected chi connectivity index (χ3v) is 6.64. The van der Waals surface area contributed by atoms with Crippen LogP contribution in [0.1, 0.15) is 45.2 Å². The molecule has 0 unspecified atom stereocenters. The lowest BCUT2D eigenvalue weighted by Crippen LogP contribution is -2.39. The number of ketones is 1. The first kappa shape index (κ1) is 25.4. The van der Waals surface area contributed by atoms with Gasteiger partial charge in [-0.25, -0.2) is 0 Å². The van der Waals surface area contributed by atoms with Gasteiger partial charge in [-0.05, 0) is 43.0 Å². The quantitative estimate of drug-likeness (QED) is 0.545. The van der Waals surface area contributed by atoms with Crippen LogP contribution in [-0.4, -0.2) is 46.2 Å². The van der Waals surface area contributed by atoms with Gasteiger partial charge < -0.3 is 29.2 Å². The Kier molecular flexibility index (Phi) is 7.15. The van der Waals surface area contributed by atoms with Crippen molar-refractivity contribution in [2.45, 2.75) is 39.7 Å².